The Bertz CT molecular complexity index is 4540. The number of anilines is 3. The van der Waals surface area contributed by atoms with Crippen LogP contribution in [0, 0.1) is 0 Å². The summed E-state index contributed by atoms with van der Waals surface area (Å²) in [7, 11) is 0. The van der Waals surface area contributed by atoms with Crippen LogP contribution in [0.4, 0.5) is 17.1 Å². The number of benzene rings is 12. The molecule has 3 aliphatic rings. The molecule has 2 heteroatoms. The molecule has 0 fully saturated rings. The normalized spacial score (nSPS) is 15.1. The molecule has 0 amide bonds. The number of hydrogen-bond donors (Lipinski definition) is 0. The van der Waals surface area contributed by atoms with Crippen LogP contribution in [0.15, 0.2) is 267 Å². The van der Waals surface area contributed by atoms with Crippen LogP contribution in [0.25, 0.3) is 93.9 Å². The number of hydrogen-bond acceptors (Lipinski definition) is 1. The van der Waals surface area contributed by atoms with Crippen molar-refractivity contribution < 1.29 is 0 Å². The predicted octanol–water partition coefficient (Wildman–Crippen LogP) is 19.4. The van der Waals surface area contributed by atoms with Crippen molar-refractivity contribution in [3.05, 3.63) is 300 Å². The molecule has 1 spiro atoms. The van der Waals surface area contributed by atoms with Gasteiger partial charge in [0.05, 0.1) is 16.4 Å². The van der Waals surface area contributed by atoms with E-state index in [0.717, 1.165) is 17.1 Å². The summed E-state index contributed by atoms with van der Waals surface area (Å²) in [6, 6.07) is 100.0. The summed E-state index contributed by atoms with van der Waals surface area (Å²) in [6.45, 7) is 4.74. The molecule has 13 aromatic rings. The number of rotatable bonds is 6. The maximum absolute atomic E-state index is 2.45. The van der Waals surface area contributed by atoms with E-state index in [1.165, 1.54) is 127 Å². The second-order valence-electron chi connectivity index (χ2n) is 21.5. The van der Waals surface area contributed by atoms with Crippen molar-refractivity contribution >= 4 is 49.6 Å². The van der Waals surface area contributed by atoms with E-state index in [9.17, 15) is 0 Å². The summed E-state index contributed by atoms with van der Waals surface area (Å²) in [5.74, 6) is 0. The number of fused-ring (bicyclic) bond motifs is 18. The lowest BCUT2D eigenvalue weighted by atomic mass is 9.68. The third-order valence-electron chi connectivity index (χ3n) is 17.4. The van der Waals surface area contributed by atoms with Gasteiger partial charge in [-0.05, 0) is 167 Å². The summed E-state index contributed by atoms with van der Waals surface area (Å²) in [5.41, 5.74) is 27.2. The van der Waals surface area contributed by atoms with E-state index in [1.54, 1.807) is 0 Å². The lowest BCUT2D eigenvalue weighted by Crippen LogP contribution is -2.26. The molecule has 1 atom stereocenters. The lowest BCUT2D eigenvalue weighted by Gasteiger charge is -2.32. The molecule has 1 unspecified atom stereocenters. The van der Waals surface area contributed by atoms with Crippen LogP contribution in [-0.4, -0.2) is 4.57 Å². The van der Waals surface area contributed by atoms with E-state index in [-0.39, 0.29) is 5.41 Å². The largest absolute Gasteiger partial charge is 0.310 e. The van der Waals surface area contributed by atoms with Crippen molar-refractivity contribution in [2.75, 3.05) is 4.90 Å². The molecular formula is C74H50N2. The summed E-state index contributed by atoms with van der Waals surface area (Å²) in [6.07, 6.45) is 0. The Morgan fingerprint density at radius 2 is 0.868 bits per heavy atom. The van der Waals surface area contributed by atoms with Gasteiger partial charge >= 0.3 is 0 Å². The fourth-order valence-corrected chi connectivity index (χ4v) is 14.1. The smallest absolute Gasteiger partial charge is 0.0731 e. The van der Waals surface area contributed by atoms with E-state index in [0.29, 0.717) is 0 Å². The SMILES string of the molecule is CC1(C)c2ccccc2-c2ccc(N(c3ccc(-c4ccc5c(c4)c4ccccc4n5-c4ccccc4)cc3)c3ccc(-c4cccc5c4C4(c6ccccc6-5)c5ccccc5-c5c4ccc4ccccc54)cc3)cc21. The molecule has 1 heterocycles. The first kappa shape index (κ1) is 43.0. The Morgan fingerprint density at radius 1 is 0.316 bits per heavy atom. The van der Waals surface area contributed by atoms with Crippen LogP contribution in [0.1, 0.15) is 47.2 Å². The Balaban J connectivity index is 0.841. The molecule has 0 N–H and O–H groups in total. The van der Waals surface area contributed by atoms with Crippen LogP contribution in [0.3, 0.4) is 0 Å². The average molecular weight is 967 g/mol. The van der Waals surface area contributed by atoms with Gasteiger partial charge in [0.1, 0.15) is 0 Å². The van der Waals surface area contributed by atoms with Gasteiger partial charge < -0.3 is 9.47 Å². The zero-order valence-corrected chi connectivity index (χ0v) is 42.3. The molecule has 1 aromatic heterocycles. The second kappa shape index (κ2) is 16.0. The van der Waals surface area contributed by atoms with Crippen molar-refractivity contribution in [3.63, 3.8) is 0 Å². The van der Waals surface area contributed by atoms with Crippen molar-refractivity contribution in [2.24, 2.45) is 0 Å². The van der Waals surface area contributed by atoms with Gasteiger partial charge in [-0.3, -0.25) is 0 Å². The van der Waals surface area contributed by atoms with E-state index in [4.69, 9.17) is 0 Å². The Hall–Kier alpha value is -9.50. The van der Waals surface area contributed by atoms with Gasteiger partial charge in [0.25, 0.3) is 0 Å². The number of aromatic nitrogens is 1. The average Bonchev–Trinajstić information content (AvgIpc) is 4.16. The molecular weight excluding hydrogens is 917 g/mol. The van der Waals surface area contributed by atoms with Crippen LogP contribution in [-0.2, 0) is 10.8 Å². The highest BCUT2D eigenvalue weighted by molar-refractivity contribution is 6.11. The third kappa shape index (κ3) is 5.87. The highest BCUT2D eigenvalue weighted by Crippen LogP contribution is 2.65. The minimum Gasteiger partial charge on any atom is -0.310 e. The van der Waals surface area contributed by atoms with E-state index in [1.807, 2.05) is 0 Å². The topological polar surface area (TPSA) is 8.17 Å². The summed E-state index contributed by atoms with van der Waals surface area (Å²) in [5, 5.41) is 5.07. The highest BCUT2D eigenvalue weighted by Gasteiger charge is 2.53. The molecule has 0 saturated heterocycles. The first-order valence-corrected chi connectivity index (χ1v) is 26.7. The van der Waals surface area contributed by atoms with Gasteiger partial charge in [0, 0.05) is 38.9 Å². The lowest BCUT2D eigenvalue weighted by molar-refractivity contribution is 0.660. The molecule has 0 saturated carbocycles. The minimum atomic E-state index is -0.483. The first-order chi connectivity index (χ1) is 37.5. The fraction of sp³-hybridized carbons (Fsp3) is 0.0541. The monoisotopic (exact) mass is 966 g/mol. The highest BCUT2D eigenvalue weighted by atomic mass is 15.1. The number of para-hydroxylation sites is 2. The van der Waals surface area contributed by atoms with E-state index < -0.39 is 5.41 Å². The first-order valence-electron chi connectivity index (χ1n) is 26.7. The zero-order chi connectivity index (χ0) is 50.3. The van der Waals surface area contributed by atoms with Crippen molar-refractivity contribution in [1.82, 2.24) is 4.57 Å². The molecule has 76 heavy (non-hydrogen) atoms. The second-order valence-corrected chi connectivity index (χ2v) is 21.5. The molecule has 16 rings (SSSR count). The molecule has 0 aliphatic heterocycles. The van der Waals surface area contributed by atoms with Crippen molar-refractivity contribution in [1.29, 1.82) is 0 Å². The van der Waals surface area contributed by atoms with Crippen LogP contribution in [0.2, 0.25) is 0 Å². The Morgan fingerprint density at radius 3 is 1.64 bits per heavy atom. The standard InChI is InChI=1S/C74H50N2/c1-73(2)64-27-12-8-21-57(64)59-42-41-54(46-68(59)73)75(52-37-31-47(32-38-52)50-36-44-70-63(45-50)60-23-11-15-30-69(60)76(70)51-18-4-3-5-19-51)53-39-33-49(34-40-53)56-25-16-26-61-58-22-9-13-28-65(58)74(72(56)61)66-29-14-10-24-62(66)71-55-20-7-6-17-48(55)35-43-67(71)74/h3-46H,1-2H3. The van der Waals surface area contributed by atoms with Gasteiger partial charge in [0.2, 0.25) is 0 Å². The summed E-state index contributed by atoms with van der Waals surface area (Å²) in [4.78, 5) is 2.45. The molecule has 0 bridgehead atoms. The zero-order valence-electron chi connectivity index (χ0n) is 42.3. The predicted molar refractivity (Wildman–Crippen MR) is 318 cm³/mol. The quantitative estimate of drug-likeness (QED) is 0.161. The molecule has 3 aliphatic carbocycles. The maximum Gasteiger partial charge on any atom is 0.0731 e. The van der Waals surface area contributed by atoms with Crippen LogP contribution >= 0.6 is 0 Å². The van der Waals surface area contributed by atoms with Crippen molar-refractivity contribution in [3.8, 4) is 61.3 Å². The summed E-state index contributed by atoms with van der Waals surface area (Å²) >= 11 is 0. The van der Waals surface area contributed by atoms with Gasteiger partial charge in [-0.1, -0.05) is 214 Å². The van der Waals surface area contributed by atoms with E-state index >= 15 is 0 Å². The molecule has 0 radical (unpaired) electrons. The maximum atomic E-state index is 2.45. The van der Waals surface area contributed by atoms with E-state index in [2.05, 4.69) is 290 Å². The number of nitrogens with zero attached hydrogens (tertiary/aromatic N) is 2. The Labute approximate surface area is 443 Å². The third-order valence-corrected chi connectivity index (χ3v) is 17.4. The molecule has 356 valence electrons. The molecule has 2 nitrogen and oxygen atoms in total. The Kier molecular flexibility index (Phi) is 9.04. The summed E-state index contributed by atoms with van der Waals surface area (Å²) < 4.78 is 2.38. The van der Waals surface area contributed by atoms with Gasteiger partial charge in [-0.2, -0.15) is 0 Å². The van der Waals surface area contributed by atoms with Crippen molar-refractivity contribution in [2.45, 2.75) is 24.7 Å². The molecule has 12 aromatic carbocycles. The van der Waals surface area contributed by atoms with Gasteiger partial charge in [-0.25, -0.2) is 0 Å². The minimum absolute atomic E-state index is 0.144. The van der Waals surface area contributed by atoms with Crippen LogP contribution < -0.4 is 4.90 Å². The fourth-order valence-electron chi connectivity index (χ4n) is 14.1. The van der Waals surface area contributed by atoms with Gasteiger partial charge in [-0.15, -0.1) is 0 Å². The van der Waals surface area contributed by atoms with Gasteiger partial charge in [0.15, 0.2) is 0 Å². The van der Waals surface area contributed by atoms with Crippen LogP contribution in [0.5, 0.6) is 0 Å².